The molecule has 1 rings (SSSR count). The highest BCUT2D eigenvalue weighted by Gasteiger charge is 2.33. The van der Waals surface area contributed by atoms with E-state index in [4.69, 9.17) is 14.5 Å². The normalized spacial score (nSPS) is 16.5. The summed E-state index contributed by atoms with van der Waals surface area (Å²) in [5.74, 6) is 0.940. The second-order valence-electron chi connectivity index (χ2n) is 6.89. The lowest BCUT2D eigenvalue weighted by Crippen LogP contribution is -2.39. The van der Waals surface area contributed by atoms with Gasteiger partial charge in [-0.15, -0.1) is 24.0 Å². The molecule has 0 atom stereocenters. The van der Waals surface area contributed by atoms with E-state index in [9.17, 15) is 0 Å². The summed E-state index contributed by atoms with van der Waals surface area (Å²) in [5.41, 5.74) is 0.349. The zero-order valence-corrected chi connectivity index (χ0v) is 18.9. The second kappa shape index (κ2) is 16.1. The standard InChI is InChI=1S/C19H39N3O2.HI/c1-4-6-14-24-15-9-13-21-18(20-5-2)22-17-19(12-16-23-3)10-7-8-11-19;/h4-17H2,1-3H3,(H2,20,21,22);1H. The molecule has 1 aliphatic rings. The lowest BCUT2D eigenvalue weighted by Gasteiger charge is -2.27. The number of hydrogen-bond donors (Lipinski definition) is 2. The van der Waals surface area contributed by atoms with Crippen LogP contribution in [0.5, 0.6) is 0 Å². The molecule has 150 valence electrons. The lowest BCUT2D eigenvalue weighted by molar-refractivity contribution is 0.129. The number of methoxy groups -OCH3 is 1. The SMILES string of the molecule is CCCCOCCCNC(=NCC1(CCOC)CCCC1)NCC.I. The molecule has 0 aliphatic heterocycles. The van der Waals surface area contributed by atoms with Crippen LogP contribution in [-0.2, 0) is 9.47 Å². The molecule has 0 unspecified atom stereocenters. The second-order valence-corrected chi connectivity index (χ2v) is 6.89. The fourth-order valence-corrected chi connectivity index (χ4v) is 3.25. The molecule has 5 nitrogen and oxygen atoms in total. The Morgan fingerprint density at radius 1 is 1.04 bits per heavy atom. The first kappa shape index (κ1) is 24.9. The molecule has 0 saturated heterocycles. The first-order valence-electron chi connectivity index (χ1n) is 9.85. The molecule has 2 N–H and O–H groups in total. The maximum absolute atomic E-state index is 5.60. The summed E-state index contributed by atoms with van der Waals surface area (Å²) < 4.78 is 10.9. The molecule has 0 bridgehead atoms. The minimum atomic E-state index is 0. The summed E-state index contributed by atoms with van der Waals surface area (Å²) in [6.07, 6.45) is 9.72. The van der Waals surface area contributed by atoms with E-state index in [1.54, 1.807) is 7.11 Å². The summed E-state index contributed by atoms with van der Waals surface area (Å²) >= 11 is 0. The minimum absolute atomic E-state index is 0. The van der Waals surface area contributed by atoms with Crippen LogP contribution in [0.3, 0.4) is 0 Å². The molecule has 1 aliphatic carbocycles. The van der Waals surface area contributed by atoms with Gasteiger partial charge in [0, 0.05) is 46.6 Å². The molecule has 25 heavy (non-hydrogen) atoms. The number of hydrogen-bond acceptors (Lipinski definition) is 3. The van der Waals surface area contributed by atoms with Crippen molar-refractivity contribution in [1.29, 1.82) is 0 Å². The summed E-state index contributed by atoms with van der Waals surface area (Å²) in [5, 5.41) is 6.79. The van der Waals surface area contributed by atoms with Gasteiger partial charge in [0.1, 0.15) is 0 Å². The van der Waals surface area contributed by atoms with Gasteiger partial charge in [0.2, 0.25) is 0 Å². The molecule has 0 aromatic heterocycles. The molecular weight excluding hydrogens is 429 g/mol. The number of ether oxygens (including phenoxy) is 2. The van der Waals surface area contributed by atoms with Crippen molar-refractivity contribution >= 4 is 29.9 Å². The Kier molecular flexibility index (Phi) is 16.1. The molecule has 1 fully saturated rings. The Balaban J connectivity index is 0.00000576. The van der Waals surface area contributed by atoms with E-state index < -0.39 is 0 Å². The summed E-state index contributed by atoms with van der Waals surface area (Å²) in [6, 6.07) is 0. The molecule has 0 spiro atoms. The van der Waals surface area contributed by atoms with Crippen LogP contribution in [0.15, 0.2) is 4.99 Å². The van der Waals surface area contributed by atoms with Crippen LogP contribution in [0, 0.1) is 5.41 Å². The summed E-state index contributed by atoms with van der Waals surface area (Å²) in [4.78, 5) is 4.87. The van der Waals surface area contributed by atoms with E-state index >= 15 is 0 Å². The van der Waals surface area contributed by atoms with Gasteiger partial charge >= 0.3 is 0 Å². The van der Waals surface area contributed by atoms with E-state index in [0.717, 1.165) is 64.7 Å². The molecular formula is C19H40IN3O2. The Morgan fingerprint density at radius 3 is 2.40 bits per heavy atom. The first-order valence-corrected chi connectivity index (χ1v) is 9.85. The van der Waals surface area contributed by atoms with E-state index in [1.165, 1.54) is 32.1 Å². The zero-order chi connectivity index (χ0) is 17.5. The van der Waals surface area contributed by atoms with Gasteiger partial charge in [-0.25, -0.2) is 0 Å². The number of nitrogens with one attached hydrogen (secondary N) is 2. The van der Waals surface area contributed by atoms with Crippen LogP contribution in [-0.4, -0.2) is 52.5 Å². The molecule has 0 amide bonds. The van der Waals surface area contributed by atoms with Gasteiger partial charge in [-0.05, 0) is 44.4 Å². The smallest absolute Gasteiger partial charge is 0.191 e. The number of nitrogens with zero attached hydrogens (tertiary/aromatic N) is 1. The van der Waals surface area contributed by atoms with Gasteiger partial charge in [-0.1, -0.05) is 26.2 Å². The molecule has 0 aromatic rings. The Labute approximate surface area is 172 Å². The van der Waals surface area contributed by atoms with E-state index in [0.29, 0.717) is 5.41 Å². The maximum atomic E-state index is 5.60. The molecule has 0 radical (unpaired) electrons. The Hall–Kier alpha value is -0.0800. The third kappa shape index (κ3) is 11.3. The van der Waals surface area contributed by atoms with Crippen LogP contribution in [0.4, 0.5) is 0 Å². The molecule has 0 heterocycles. The van der Waals surface area contributed by atoms with Gasteiger partial charge in [-0.2, -0.15) is 0 Å². The predicted octanol–water partition coefficient (Wildman–Crippen LogP) is 3.96. The highest BCUT2D eigenvalue weighted by atomic mass is 127. The number of unbranched alkanes of at least 4 members (excludes halogenated alkanes) is 1. The van der Waals surface area contributed by atoms with Crippen molar-refractivity contribution in [2.75, 3.05) is 46.6 Å². The monoisotopic (exact) mass is 469 g/mol. The van der Waals surface area contributed by atoms with Gasteiger partial charge < -0.3 is 20.1 Å². The van der Waals surface area contributed by atoms with Gasteiger partial charge in [0.25, 0.3) is 0 Å². The van der Waals surface area contributed by atoms with Crippen molar-refractivity contribution in [2.24, 2.45) is 10.4 Å². The summed E-state index contributed by atoms with van der Waals surface area (Å²) in [7, 11) is 1.79. The Morgan fingerprint density at radius 2 is 1.76 bits per heavy atom. The van der Waals surface area contributed by atoms with E-state index in [-0.39, 0.29) is 24.0 Å². The molecule has 1 saturated carbocycles. The fourth-order valence-electron chi connectivity index (χ4n) is 3.25. The van der Waals surface area contributed by atoms with Crippen molar-refractivity contribution in [3.8, 4) is 0 Å². The van der Waals surface area contributed by atoms with Crippen molar-refractivity contribution in [3.63, 3.8) is 0 Å². The quantitative estimate of drug-likeness (QED) is 0.186. The van der Waals surface area contributed by atoms with Gasteiger partial charge in [0.15, 0.2) is 5.96 Å². The zero-order valence-electron chi connectivity index (χ0n) is 16.6. The third-order valence-corrected chi connectivity index (χ3v) is 4.82. The number of halogens is 1. The average Bonchev–Trinajstić information content (AvgIpc) is 3.06. The third-order valence-electron chi connectivity index (χ3n) is 4.82. The molecule has 6 heteroatoms. The largest absolute Gasteiger partial charge is 0.385 e. The van der Waals surface area contributed by atoms with Crippen molar-refractivity contribution in [3.05, 3.63) is 0 Å². The highest BCUT2D eigenvalue weighted by Crippen LogP contribution is 2.41. The Bertz CT molecular complexity index is 335. The molecule has 0 aromatic carbocycles. The summed E-state index contributed by atoms with van der Waals surface area (Å²) in [6.45, 7) is 9.55. The van der Waals surface area contributed by atoms with Crippen LogP contribution < -0.4 is 10.6 Å². The first-order chi connectivity index (χ1) is 11.8. The van der Waals surface area contributed by atoms with Gasteiger partial charge in [-0.3, -0.25) is 4.99 Å². The van der Waals surface area contributed by atoms with Crippen molar-refractivity contribution in [1.82, 2.24) is 10.6 Å². The van der Waals surface area contributed by atoms with Crippen LogP contribution in [0.1, 0.15) is 65.2 Å². The number of guanidine groups is 1. The van der Waals surface area contributed by atoms with Crippen LogP contribution >= 0.6 is 24.0 Å². The average molecular weight is 469 g/mol. The maximum Gasteiger partial charge on any atom is 0.191 e. The number of rotatable bonds is 13. The highest BCUT2D eigenvalue weighted by molar-refractivity contribution is 14.0. The van der Waals surface area contributed by atoms with Gasteiger partial charge in [0.05, 0.1) is 0 Å². The van der Waals surface area contributed by atoms with Crippen LogP contribution in [0.2, 0.25) is 0 Å². The number of aliphatic imine (C=N–C) groups is 1. The lowest BCUT2D eigenvalue weighted by atomic mass is 9.83. The van der Waals surface area contributed by atoms with E-state index in [2.05, 4.69) is 24.5 Å². The topological polar surface area (TPSA) is 54.9 Å². The van der Waals surface area contributed by atoms with Crippen molar-refractivity contribution < 1.29 is 9.47 Å². The fraction of sp³-hybridized carbons (Fsp3) is 0.947. The predicted molar refractivity (Wildman–Crippen MR) is 117 cm³/mol. The van der Waals surface area contributed by atoms with Crippen molar-refractivity contribution in [2.45, 2.75) is 65.2 Å². The van der Waals surface area contributed by atoms with Crippen LogP contribution in [0.25, 0.3) is 0 Å². The minimum Gasteiger partial charge on any atom is -0.385 e. The van der Waals surface area contributed by atoms with E-state index in [1.807, 2.05) is 0 Å².